The van der Waals surface area contributed by atoms with Gasteiger partial charge in [-0.25, -0.2) is 4.98 Å². The Kier molecular flexibility index (Phi) is 4.66. The van der Waals surface area contributed by atoms with E-state index in [1.807, 2.05) is 49.4 Å². The summed E-state index contributed by atoms with van der Waals surface area (Å²) in [5.74, 6) is 1.15. The molecule has 2 aromatic carbocycles. The van der Waals surface area contributed by atoms with Gasteiger partial charge in [-0.1, -0.05) is 15.9 Å². The average Bonchev–Trinajstić information content (AvgIpc) is 2.58. The zero-order chi connectivity index (χ0) is 17.1. The first kappa shape index (κ1) is 16.3. The van der Waals surface area contributed by atoms with Crippen molar-refractivity contribution in [1.29, 1.82) is 0 Å². The van der Waals surface area contributed by atoms with E-state index in [2.05, 4.69) is 31.2 Å². The molecule has 1 heterocycles. The van der Waals surface area contributed by atoms with E-state index in [-0.39, 0.29) is 5.56 Å². The van der Waals surface area contributed by atoms with Crippen molar-refractivity contribution in [1.82, 2.24) is 9.97 Å². The number of benzene rings is 2. The topological polar surface area (TPSA) is 67.0 Å². The van der Waals surface area contributed by atoms with Crippen molar-refractivity contribution in [2.75, 3.05) is 12.4 Å². The number of anilines is 2. The molecule has 1 aromatic heterocycles. The fraction of sp³-hybridized carbons (Fsp3) is 0.111. The highest BCUT2D eigenvalue weighted by Gasteiger charge is 2.06. The van der Waals surface area contributed by atoms with Gasteiger partial charge in [-0.15, -0.1) is 0 Å². The maximum Gasteiger partial charge on any atom is 0.252 e. The second-order valence-electron chi connectivity index (χ2n) is 5.30. The molecule has 0 aliphatic heterocycles. The van der Waals surface area contributed by atoms with Crippen LogP contribution in [0.1, 0.15) is 5.56 Å². The molecule has 0 amide bonds. The van der Waals surface area contributed by atoms with Crippen LogP contribution in [0.15, 0.2) is 57.8 Å². The van der Waals surface area contributed by atoms with Crippen LogP contribution in [0.3, 0.4) is 0 Å². The van der Waals surface area contributed by atoms with E-state index in [9.17, 15) is 4.79 Å². The fourth-order valence-corrected chi connectivity index (χ4v) is 2.53. The van der Waals surface area contributed by atoms with E-state index in [1.165, 1.54) is 6.07 Å². The monoisotopic (exact) mass is 385 g/mol. The number of methoxy groups -OCH3 is 1. The fourth-order valence-electron chi connectivity index (χ4n) is 2.29. The Balaban J connectivity index is 1.93. The van der Waals surface area contributed by atoms with Crippen molar-refractivity contribution in [3.8, 4) is 17.0 Å². The molecule has 0 saturated heterocycles. The summed E-state index contributed by atoms with van der Waals surface area (Å²) >= 11 is 3.47. The summed E-state index contributed by atoms with van der Waals surface area (Å²) in [7, 11) is 1.61. The Hall–Kier alpha value is -2.60. The first-order chi connectivity index (χ1) is 11.5. The zero-order valence-electron chi connectivity index (χ0n) is 13.3. The average molecular weight is 386 g/mol. The molecule has 122 valence electrons. The summed E-state index contributed by atoms with van der Waals surface area (Å²) in [5.41, 5.74) is 3.17. The third-order valence-corrected chi connectivity index (χ3v) is 4.44. The first-order valence-corrected chi connectivity index (χ1v) is 8.13. The summed E-state index contributed by atoms with van der Waals surface area (Å²) in [6.45, 7) is 2.00. The van der Waals surface area contributed by atoms with Crippen LogP contribution in [0.25, 0.3) is 11.3 Å². The van der Waals surface area contributed by atoms with E-state index in [1.54, 1.807) is 7.11 Å². The van der Waals surface area contributed by atoms with Crippen LogP contribution in [0.5, 0.6) is 5.75 Å². The van der Waals surface area contributed by atoms with Gasteiger partial charge in [-0.3, -0.25) is 9.78 Å². The molecule has 0 unspecified atom stereocenters. The number of aromatic nitrogens is 2. The van der Waals surface area contributed by atoms with Crippen LogP contribution in [0, 0.1) is 6.92 Å². The van der Waals surface area contributed by atoms with Gasteiger partial charge in [0.2, 0.25) is 5.95 Å². The summed E-state index contributed by atoms with van der Waals surface area (Å²) < 4.78 is 6.18. The first-order valence-electron chi connectivity index (χ1n) is 7.34. The van der Waals surface area contributed by atoms with E-state index in [0.717, 1.165) is 27.0 Å². The molecule has 2 N–H and O–H groups in total. The lowest BCUT2D eigenvalue weighted by molar-refractivity contribution is 0.415. The summed E-state index contributed by atoms with van der Waals surface area (Å²) in [6, 6.07) is 14.7. The molecular weight excluding hydrogens is 370 g/mol. The maximum atomic E-state index is 12.0. The standard InChI is InChI=1S/C18H16BrN3O2/c1-11-9-13(5-8-15(11)19)20-18-21-16(10-17(23)22-18)12-3-6-14(24-2)7-4-12/h3-10H,1-2H3,(H2,20,21,22,23). The van der Waals surface area contributed by atoms with Gasteiger partial charge in [0.05, 0.1) is 12.8 Å². The minimum absolute atomic E-state index is 0.216. The summed E-state index contributed by atoms with van der Waals surface area (Å²) in [4.78, 5) is 19.1. The molecule has 0 radical (unpaired) electrons. The Morgan fingerprint density at radius 2 is 1.88 bits per heavy atom. The quantitative estimate of drug-likeness (QED) is 0.703. The van der Waals surface area contributed by atoms with Crippen LogP contribution >= 0.6 is 15.9 Å². The predicted octanol–water partition coefficient (Wildman–Crippen LogP) is 4.26. The largest absolute Gasteiger partial charge is 0.497 e. The van der Waals surface area contributed by atoms with Gasteiger partial charge in [0.15, 0.2) is 0 Å². The summed E-state index contributed by atoms with van der Waals surface area (Å²) in [6.07, 6.45) is 0. The van der Waals surface area contributed by atoms with Gasteiger partial charge >= 0.3 is 0 Å². The van der Waals surface area contributed by atoms with Crippen LogP contribution in [-0.2, 0) is 0 Å². The SMILES string of the molecule is COc1ccc(-c2cc(=O)[nH]c(Nc3ccc(Br)c(C)c3)n2)cc1. The van der Waals surface area contributed by atoms with Gasteiger partial charge in [-0.2, -0.15) is 0 Å². The van der Waals surface area contributed by atoms with E-state index < -0.39 is 0 Å². The Morgan fingerprint density at radius 1 is 1.12 bits per heavy atom. The number of halogens is 1. The van der Waals surface area contributed by atoms with Crippen LogP contribution in [-0.4, -0.2) is 17.1 Å². The molecule has 0 aliphatic carbocycles. The smallest absolute Gasteiger partial charge is 0.252 e. The highest BCUT2D eigenvalue weighted by molar-refractivity contribution is 9.10. The lowest BCUT2D eigenvalue weighted by Crippen LogP contribution is -2.10. The minimum Gasteiger partial charge on any atom is -0.497 e. The van der Waals surface area contributed by atoms with Crippen molar-refractivity contribution in [3.63, 3.8) is 0 Å². The number of ether oxygens (including phenoxy) is 1. The lowest BCUT2D eigenvalue weighted by Gasteiger charge is -2.09. The molecule has 0 saturated carbocycles. The van der Waals surface area contributed by atoms with Crippen molar-refractivity contribution < 1.29 is 4.74 Å². The second-order valence-corrected chi connectivity index (χ2v) is 6.15. The molecule has 24 heavy (non-hydrogen) atoms. The number of nitrogens with one attached hydrogen (secondary N) is 2. The molecule has 5 nitrogen and oxygen atoms in total. The maximum absolute atomic E-state index is 12.0. The minimum atomic E-state index is -0.216. The number of nitrogens with zero attached hydrogens (tertiary/aromatic N) is 1. The van der Waals surface area contributed by atoms with Crippen LogP contribution < -0.4 is 15.6 Å². The molecule has 0 atom stereocenters. The van der Waals surface area contributed by atoms with Crippen LogP contribution in [0.4, 0.5) is 11.6 Å². The number of hydrogen-bond donors (Lipinski definition) is 2. The normalized spacial score (nSPS) is 10.5. The van der Waals surface area contributed by atoms with Crippen molar-refractivity contribution in [2.45, 2.75) is 6.92 Å². The van der Waals surface area contributed by atoms with Gasteiger partial charge < -0.3 is 10.1 Å². The molecule has 3 aromatic rings. The Morgan fingerprint density at radius 3 is 2.54 bits per heavy atom. The molecule has 0 aliphatic rings. The zero-order valence-corrected chi connectivity index (χ0v) is 14.8. The third-order valence-electron chi connectivity index (χ3n) is 3.55. The number of hydrogen-bond acceptors (Lipinski definition) is 4. The van der Waals surface area contributed by atoms with Crippen molar-refractivity contribution in [2.24, 2.45) is 0 Å². The third kappa shape index (κ3) is 3.65. The summed E-state index contributed by atoms with van der Waals surface area (Å²) in [5, 5.41) is 3.13. The van der Waals surface area contributed by atoms with E-state index in [0.29, 0.717) is 11.6 Å². The molecule has 0 fully saturated rings. The van der Waals surface area contributed by atoms with Gasteiger partial charge in [-0.05, 0) is 55.0 Å². The number of aryl methyl sites for hydroxylation is 1. The molecule has 6 heteroatoms. The second kappa shape index (κ2) is 6.88. The van der Waals surface area contributed by atoms with E-state index in [4.69, 9.17) is 4.74 Å². The molecule has 3 rings (SSSR count). The molecule has 0 bridgehead atoms. The lowest BCUT2D eigenvalue weighted by atomic mass is 10.1. The van der Waals surface area contributed by atoms with Gasteiger partial charge in [0.25, 0.3) is 5.56 Å². The van der Waals surface area contributed by atoms with Gasteiger partial charge in [0, 0.05) is 21.8 Å². The molecular formula is C18H16BrN3O2. The number of rotatable bonds is 4. The highest BCUT2D eigenvalue weighted by Crippen LogP contribution is 2.23. The van der Waals surface area contributed by atoms with E-state index >= 15 is 0 Å². The predicted molar refractivity (Wildman–Crippen MR) is 99.0 cm³/mol. The van der Waals surface area contributed by atoms with Gasteiger partial charge in [0.1, 0.15) is 5.75 Å². The highest BCUT2D eigenvalue weighted by atomic mass is 79.9. The van der Waals surface area contributed by atoms with Crippen molar-refractivity contribution >= 4 is 27.6 Å². The van der Waals surface area contributed by atoms with Crippen molar-refractivity contribution in [3.05, 3.63) is 68.9 Å². The Labute approximate surface area is 147 Å². The molecule has 0 spiro atoms. The number of H-pyrrole nitrogens is 1. The van der Waals surface area contributed by atoms with Crippen LogP contribution in [0.2, 0.25) is 0 Å². The number of aromatic amines is 1. The Bertz CT molecular complexity index is 920.